The first-order valence-electron chi connectivity index (χ1n) is 6.78. The standard InChI is InChI=1S/C15H21FN2O/c1-11(12-5-3-6-13(16)9-12)18-14(19)15(2)7-4-8-17-10-15/h3,5-6,9,11,17H,4,7-8,10H2,1-2H3,(H,18,19)/t11-,15?/m1/s1. The van der Waals surface area contributed by atoms with Crippen LogP contribution in [0.1, 0.15) is 38.3 Å². The molecule has 2 atom stereocenters. The van der Waals surface area contributed by atoms with Gasteiger partial charge < -0.3 is 10.6 Å². The van der Waals surface area contributed by atoms with Gasteiger partial charge in [-0.25, -0.2) is 4.39 Å². The maximum Gasteiger partial charge on any atom is 0.227 e. The number of piperidine rings is 1. The molecule has 1 unspecified atom stereocenters. The van der Waals surface area contributed by atoms with Gasteiger partial charge in [0, 0.05) is 6.54 Å². The first kappa shape index (κ1) is 14.0. The van der Waals surface area contributed by atoms with Gasteiger partial charge in [-0.15, -0.1) is 0 Å². The van der Waals surface area contributed by atoms with Gasteiger partial charge in [-0.05, 0) is 50.9 Å². The van der Waals surface area contributed by atoms with E-state index in [1.165, 1.54) is 12.1 Å². The minimum atomic E-state index is -0.361. The van der Waals surface area contributed by atoms with Crippen molar-refractivity contribution < 1.29 is 9.18 Å². The lowest BCUT2D eigenvalue weighted by Crippen LogP contribution is -2.49. The monoisotopic (exact) mass is 264 g/mol. The maximum absolute atomic E-state index is 13.2. The van der Waals surface area contributed by atoms with Crippen LogP contribution in [0.2, 0.25) is 0 Å². The van der Waals surface area contributed by atoms with E-state index in [9.17, 15) is 9.18 Å². The maximum atomic E-state index is 13.2. The lowest BCUT2D eigenvalue weighted by molar-refractivity contribution is -0.131. The van der Waals surface area contributed by atoms with Crippen LogP contribution in [0.5, 0.6) is 0 Å². The van der Waals surface area contributed by atoms with E-state index >= 15 is 0 Å². The number of nitrogens with one attached hydrogen (secondary N) is 2. The third kappa shape index (κ3) is 3.32. The highest BCUT2D eigenvalue weighted by molar-refractivity contribution is 5.83. The molecular formula is C15H21FN2O. The number of amides is 1. The van der Waals surface area contributed by atoms with Gasteiger partial charge in [-0.2, -0.15) is 0 Å². The quantitative estimate of drug-likeness (QED) is 0.880. The molecule has 1 amide bonds. The van der Waals surface area contributed by atoms with Crippen molar-refractivity contribution in [1.82, 2.24) is 10.6 Å². The molecule has 0 radical (unpaired) electrons. The number of halogens is 1. The Labute approximate surface area is 113 Å². The van der Waals surface area contributed by atoms with Crippen LogP contribution in [0.15, 0.2) is 24.3 Å². The fourth-order valence-electron chi connectivity index (χ4n) is 2.48. The third-order valence-corrected chi connectivity index (χ3v) is 3.84. The molecular weight excluding hydrogens is 243 g/mol. The normalized spacial score (nSPS) is 24.8. The summed E-state index contributed by atoms with van der Waals surface area (Å²) in [5.41, 5.74) is 0.431. The molecule has 1 aromatic rings. The molecule has 4 heteroatoms. The molecule has 3 nitrogen and oxygen atoms in total. The van der Waals surface area contributed by atoms with Crippen molar-refractivity contribution in [3.05, 3.63) is 35.6 Å². The molecule has 0 aliphatic carbocycles. The van der Waals surface area contributed by atoms with Crippen molar-refractivity contribution >= 4 is 5.91 Å². The van der Waals surface area contributed by atoms with E-state index in [1.807, 2.05) is 19.9 Å². The van der Waals surface area contributed by atoms with E-state index in [0.717, 1.165) is 24.9 Å². The fourth-order valence-corrected chi connectivity index (χ4v) is 2.48. The van der Waals surface area contributed by atoms with Crippen LogP contribution >= 0.6 is 0 Å². The first-order chi connectivity index (χ1) is 9.01. The number of benzene rings is 1. The molecule has 0 bridgehead atoms. The number of hydrogen-bond donors (Lipinski definition) is 2. The van der Waals surface area contributed by atoms with Gasteiger partial charge in [0.25, 0.3) is 0 Å². The molecule has 2 rings (SSSR count). The van der Waals surface area contributed by atoms with Gasteiger partial charge in [0.2, 0.25) is 5.91 Å². The summed E-state index contributed by atoms with van der Waals surface area (Å²) >= 11 is 0. The van der Waals surface area contributed by atoms with Crippen molar-refractivity contribution in [1.29, 1.82) is 0 Å². The zero-order chi connectivity index (χ0) is 13.9. The molecule has 2 N–H and O–H groups in total. The number of carbonyl (C=O) groups excluding carboxylic acids is 1. The third-order valence-electron chi connectivity index (χ3n) is 3.84. The lowest BCUT2D eigenvalue weighted by Gasteiger charge is -2.33. The second-order valence-electron chi connectivity index (χ2n) is 5.59. The van der Waals surface area contributed by atoms with E-state index in [4.69, 9.17) is 0 Å². The van der Waals surface area contributed by atoms with Crippen molar-refractivity contribution in [2.45, 2.75) is 32.7 Å². The van der Waals surface area contributed by atoms with E-state index in [1.54, 1.807) is 6.07 Å². The molecule has 19 heavy (non-hydrogen) atoms. The average molecular weight is 264 g/mol. The highest BCUT2D eigenvalue weighted by Crippen LogP contribution is 2.27. The largest absolute Gasteiger partial charge is 0.349 e. The summed E-state index contributed by atoms with van der Waals surface area (Å²) in [4.78, 5) is 12.3. The topological polar surface area (TPSA) is 41.1 Å². The Hall–Kier alpha value is -1.42. The number of carbonyl (C=O) groups is 1. The van der Waals surface area contributed by atoms with Crippen molar-refractivity contribution in [2.24, 2.45) is 5.41 Å². The molecule has 1 aromatic carbocycles. The van der Waals surface area contributed by atoms with Gasteiger partial charge in [0.1, 0.15) is 5.82 Å². The minimum Gasteiger partial charge on any atom is -0.349 e. The number of hydrogen-bond acceptors (Lipinski definition) is 2. The van der Waals surface area contributed by atoms with Crippen LogP contribution in [-0.4, -0.2) is 19.0 Å². The van der Waals surface area contributed by atoms with Crippen molar-refractivity contribution in [2.75, 3.05) is 13.1 Å². The summed E-state index contributed by atoms with van der Waals surface area (Å²) < 4.78 is 13.2. The number of rotatable bonds is 3. The Bertz CT molecular complexity index is 455. The highest BCUT2D eigenvalue weighted by atomic mass is 19.1. The van der Waals surface area contributed by atoms with Crippen molar-refractivity contribution in [3.63, 3.8) is 0 Å². The summed E-state index contributed by atoms with van der Waals surface area (Å²) in [6.07, 6.45) is 1.90. The second-order valence-corrected chi connectivity index (χ2v) is 5.59. The molecule has 1 fully saturated rings. The van der Waals surface area contributed by atoms with E-state index in [-0.39, 0.29) is 23.2 Å². The molecule has 104 valence electrons. The van der Waals surface area contributed by atoms with E-state index in [0.29, 0.717) is 6.54 Å². The molecule has 0 spiro atoms. The fraction of sp³-hybridized carbons (Fsp3) is 0.533. The van der Waals surface area contributed by atoms with Gasteiger partial charge in [0.15, 0.2) is 0 Å². The van der Waals surface area contributed by atoms with Crippen LogP contribution in [-0.2, 0) is 4.79 Å². The Morgan fingerprint density at radius 1 is 1.53 bits per heavy atom. The zero-order valence-electron chi connectivity index (χ0n) is 11.5. The van der Waals surface area contributed by atoms with E-state index < -0.39 is 0 Å². The molecule has 1 saturated heterocycles. The summed E-state index contributed by atoms with van der Waals surface area (Å²) in [7, 11) is 0. The van der Waals surface area contributed by atoms with Gasteiger partial charge in [0.05, 0.1) is 11.5 Å². The predicted octanol–water partition coefficient (Wildman–Crippen LogP) is 2.39. The Morgan fingerprint density at radius 3 is 2.95 bits per heavy atom. The van der Waals surface area contributed by atoms with Crippen LogP contribution in [0.3, 0.4) is 0 Å². The summed E-state index contributed by atoms with van der Waals surface area (Å²) in [6, 6.07) is 6.19. The molecule has 1 aliphatic rings. The first-order valence-corrected chi connectivity index (χ1v) is 6.78. The van der Waals surface area contributed by atoms with E-state index in [2.05, 4.69) is 10.6 Å². The summed E-state index contributed by atoms with van der Waals surface area (Å²) in [5, 5.41) is 6.25. The van der Waals surface area contributed by atoms with Crippen LogP contribution < -0.4 is 10.6 Å². The van der Waals surface area contributed by atoms with Gasteiger partial charge >= 0.3 is 0 Å². The van der Waals surface area contributed by atoms with Crippen LogP contribution in [0, 0.1) is 11.2 Å². The molecule has 0 aromatic heterocycles. The lowest BCUT2D eigenvalue weighted by atomic mass is 9.81. The predicted molar refractivity (Wildman–Crippen MR) is 73.2 cm³/mol. The minimum absolute atomic E-state index is 0.0384. The average Bonchev–Trinajstić information content (AvgIpc) is 2.39. The Morgan fingerprint density at radius 2 is 2.32 bits per heavy atom. The Kier molecular flexibility index (Phi) is 4.20. The molecule has 0 saturated carbocycles. The SMILES string of the molecule is C[C@@H](NC(=O)C1(C)CCCNC1)c1cccc(F)c1. The van der Waals surface area contributed by atoms with Gasteiger partial charge in [-0.1, -0.05) is 12.1 Å². The summed E-state index contributed by atoms with van der Waals surface area (Å²) in [6.45, 7) is 5.54. The van der Waals surface area contributed by atoms with Gasteiger partial charge in [-0.3, -0.25) is 4.79 Å². The van der Waals surface area contributed by atoms with Crippen LogP contribution in [0.4, 0.5) is 4.39 Å². The van der Waals surface area contributed by atoms with Crippen molar-refractivity contribution in [3.8, 4) is 0 Å². The zero-order valence-corrected chi connectivity index (χ0v) is 11.5. The highest BCUT2D eigenvalue weighted by Gasteiger charge is 2.35. The molecule has 1 aliphatic heterocycles. The second kappa shape index (κ2) is 5.70. The summed E-state index contributed by atoms with van der Waals surface area (Å²) in [5.74, 6) is -0.236. The Balaban J connectivity index is 2.02. The van der Waals surface area contributed by atoms with Crippen LogP contribution in [0.25, 0.3) is 0 Å². The molecule has 1 heterocycles. The smallest absolute Gasteiger partial charge is 0.227 e.